The van der Waals surface area contributed by atoms with Gasteiger partial charge in [-0.1, -0.05) is 63.6 Å². The third-order valence-corrected chi connectivity index (χ3v) is 8.62. The highest BCUT2D eigenvalue weighted by molar-refractivity contribution is 6.06. The Labute approximate surface area is 250 Å². The first-order valence-electron chi connectivity index (χ1n) is 15.2. The Balaban J connectivity index is 1.63. The molecule has 2 aromatic carbocycles. The number of carbonyl (C=O) groups excluding carboxylic acids is 2. The normalized spacial score (nSPS) is 20.0. The highest BCUT2D eigenvalue weighted by Crippen LogP contribution is 2.54. The fourth-order valence-corrected chi connectivity index (χ4v) is 6.89. The highest BCUT2D eigenvalue weighted by atomic mass is 16.5. The topological polar surface area (TPSA) is 65.1 Å². The average molecular weight is 572 g/mol. The minimum Gasteiger partial charge on any atom is -0.490 e. The number of aryl methyl sites for hydroxylation is 1. The third kappa shape index (κ3) is 6.05. The van der Waals surface area contributed by atoms with E-state index in [2.05, 4.69) is 51.7 Å². The van der Waals surface area contributed by atoms with Crippen molar-refractivity contribution in [3.63, 3.8) is 0 Å². The molecule has 0 spiro atoms. The molecule has 0 saturated heterocycles. The average Bonchev–Trinajstić information content (AvgIpc) is 2.90. The molecule has 0 aromatic heterocycles. The molecule has 2 aromatic rings. The lowest BCUT2D eigenvalue weighted by Gasteiger charge is -2.49. The van der Waals surface area contributed by atoms with E-state index in [0.29, 0.717) is 50.7 Å². The summed E-state index contributed by atoms with van der Waals surface area (Å²) >= 11 is 0. The molecule has 42 heavy (non-hydrogen) atoms. The number of hydrogen-bond acceptors (Lipinski definition) is 6. The van der Waals surface area contributed by atoms with Crippen molar-refractivity contribution >= 4 is 11.6 Å². The molecule has 5 rings (SSSR count). The van der Waals surface area contributed by atoms with Gasteiger partial charge in [0.2, 0.25) is 0 Å². The summed E-state index contributed by atoms with van der Waals surface area (Å²) in [5.74, 6) is 1.09. The lowest BCUT2D eigenvalue weighted by atomic mass is 9.63. The van der Waals surface area contributed by atoms with Crippen molar-refractivity contribution in [1.29, 1.82) is 0 Å². The van der Waals surface area contributed by atoms with Crippen LogP contribution in [0.5, 0.6) is 11.5 Å². The molecule has 0 bridgehead atoms. The summed E-state index contributed by atoms with van der Waals surface area (Å²) < 4.78 is 17.8. The van der Waals surface area contributed by atoms with Crippen LogP contribution in [0.4, 0.5) is 0 Å². The molecule has 3 aliphatic rings. The van der Waals surface area contributed by atoms with Crippen LogP contribution >= 0.6 is 0 Å². The van der Waals surface area contributed by atoms with Crippen LogP contribution in [-0.4, -0.2) is 43.3 Å². The van der Waals surface area contributed by atoms with Crippen LogP contribution in [-0.2, 0) is 20.9 Å². The molecular weight excluding hydrogens is 526 g/mol. The second-order valence-electron chi connectivity index (χ2n) is 13.6. The first-order chi connectivity index (χ1) is 19.9. The molecule has 0 unspecified atom stereocenters. The summed E-state index contributed by atoms with van der Waals surface area (Å²) in [5, 5.41) is 0. The lowest BCUT2D eigenvalue weighted by molar-refractivity contribution is -0.119. The van der Waals surface area contributed by atoms with Gasteiger partial charge in [-0.15, -0.1) is 0 Å². The standard InChI is InChI=1S/C36H45NO5/c1-8-41-31-17-25(12-13-30(31)42-22-24-11-9-10-23(2)16-24)32-33-26(18-35(3,4)20-28(33)38)37(14-15-40-7)27-19-36(5,6)21-29(39)34(27)32/h9-13,16-17,32H,8,14-15,18-22H2,1-7H3. The molecule has 6 nitrogen and oxygen atoms in total. The van der Waals surface area contributed by atoms with Crippen molar-refractivity contribution in [3.05, 3.63) is 81.7 Å². The quantitative estimate of drug-likeness (QED) is 0.315. The largest absolute Gasteiger partial charge is 0.490 e. The van der Waals surface area contributed by atoms with Crippen molar-refractivity contribution in [1.82, 2.24) is 4.90 Å². The predicted octanol–water partition coefficient (Wildman–Crippen LogP) is 7.30. The van der Waals surface area contributed by atoms with Crippen LogP contribution in [0.25, 0.3) is 0 Å². The zero-order valence-electron chi connectivity index (χ0n) is 26.3. The van der Waals surface area contributed by atoms with E-state index in [1.54, 1.807) is 7.11 Å². The number of hydrogen-bond donors (Lipinski definition) is 0. The number of carbonyl (C=O) groups is 2. The summed E-state index contributed by atoms with van der Waals surface area (Å²) in [6.45, 7) is 14.7. The van der Waals surface area contributed by atoms with Crippen LogP contribution in [0.2, 0.25) is 0 Å². The van der Waals surface area contributed by atoms with Crippen LogP contribution < -0.4 is 9.47 Å². The van der Waals surface area contributed by atoms with Crippen molar-refractivity contribution < 1.29 is 23.8 Å². The zero-order valence-corrected chi connectivity index (χ0v) is 26.3. The number of benzene rings is 2. The number of Topliss-reactive ketones (excluding diaryl/α,β-unsaturated/α-hetero) is 2. The van der Waals surface area contributed by atoms with E-state index in [1.807, 2.05) is 37.3 Å². The molecular formula is C36H45NO5. The van der Waals surface area contributed by atoms with Crippen LogP contribution in [0.15, 0.2) is 65.0 Å². The number of rotatable bonds is 9. The molecule has 0 atom stereocenters. The minimum atomic E-state index is -0.425. The minimum absolute atomic E-state index is 0.121. The SMILES string of the molecule is CCOc1cc(C2C3=C(CC(C)(C)CC3=O)N(CCOC)C3=C2C(=O)CC(C)(C)C3)ccc1OCc1cccc(C)c1. The van der Waals surface area contributed by atoms with Gasteiger partial charge in [0.25, 0.3) is 0 Å². The maximum Gasteiger partial charge on any atom is 0.162 e. The van der Waals surface area contributed by atoms with Gasteiger partial charge in [0.1, 0.15) is 6.61 Å². The van der Waals surface area contributed by atoms with Gasteiger partial charge < -0.3 is 19.1 Å². The van der Waals surface area contributed by atoms with Crippen molar-refractivity contribution in [2.24, 2.45) is 10.8 Å². The summed E-state index contributed by atoms with van der Waals surface area (Å²) in [6.07, 6.45) is 2.46. The fourth-order valence-electron chi connectivity index (χ4n) is 6.89. The maximum absolute atomic E-state index is 14.0. The first kappa shape index (κ1) is 30.1. The molecule has 0 saturated carbocycles. The van der Waals surface area contributed by atoms with Gasteiger partial charge in [0.05, 0.1) is 13.2 Å². The molecule has 6 heteroatoms. The highest BCUT2D eigenvalue weighted by Gasteiger charge is 2.49. The second-order valence-corrected chi connectivity index (χ2v) is 13.6. The van der Waals surface area contributed by atoms with Gasteiger partial charge in [-0.3, -0.25) is 9.59 Å². The third-order valence-electron chi connectivity index (χ3n) is 8.62. The van der Waals surface area contributed by atoms with Gasteiger partial charge in [-0.25, -0.2) is 0 Å². The van der Waals surface area contributed by atoms with Crippen LogP contribution in [0.1, 0.15) is 82.9 Å². The van der Waals surface area contributed by atoms with Crippen LogP contribution in [0, 0.1) is 17.8 Å². The Kier molecular flexibility index (Phi) is 8.39. The van der Waals surface area contributed by atoms with Crippen molar-refractivity contribution in [3.8, 4) is 11.5 Å². The van der Waals surface area contributed by atoms with Gasteiger partial charge in [-0.05, 0) is 60.8 Å². The molecule has 224 valence electrons. The Hall–Kier alpha value is -3.38. The smallest absolute Gasteiger partial charge is 0.162 e. The molecule has 1 aliphatic heterocycles. The number of nitrogens with zero attached hydrogens (tertiary/aromatic N) is 1. The molecule has 0 amide bonds. The molecule has 0 N–H and O–H groups in total. The van der Waals surface area contributed by atoms with E-state index in [-0.39, 0.29) is 22.4 Å². The van der Waals surface area contributed by atoms with E-state index in [4.69, 9.17) is 14.2 Å². The van der Waals surface area contributed by atoms with Gasteiger partial charge in [0.15, 0.2) is 23.1 Å². The van der Waals surface area contributed by atoms with E-state index in [9.17, 15) is 9.59 Å². The van der Waals surface area contributed by atoms with Gasteiger partial charge in [-0.2, -0.15) is 0 Å². The second kappa shape index (κ2) is 11.7. The molecule has 2 aliphatic carbocycles. The van der Waals surface area contributed by atoms with E-state index >= 15 is 0 Å². The Morgan fingerprint density at radius 1 is 0.833 bits per heavy atom. The number of methoxy groups -OCH3 is 1. The first-order valence-corrected chi connectivity index (χ1v) is 15.2. The van der Waals surface area contributed by atoms with E-state index in [1.165, 1.54) is 5.56 Å². The van der Waals surface area contributed by atoms with Gasteiger partial charge >= 0.3 is 0 Å². The monoisotopic (exact) mass is 571 g/mol. The molecule has 0 fully saturated rings. The van der Waals surface area contributed by atoms with Crippen molar-refractivity contribution in [2.75, 3.05) is 26.9 Å². The zero-order chi connectivity index (χ0) is 30.2. The van der Waals surface area contributed by atoms with Gasteiger partial charge in [0, 0.05) is 55.0 Å². The van der Waals surface area contributed by atoms with E-state index < -0.39 is 5.92 Å². The number of allylic oxidation sites excluding steroid dienone is 4. The molecule has 1 heterocycles. The lowest BCUT2D eigenvalue weighted by Crippen LogP contribution is -2.45. The molecule has 0 radical (unpaired) electrons. The number of ether oxygens (including phenoxy) is 3. The van der Waals surface area contributed by atoms with Crippen LogP contribution in [0.3, 0.4) is 0 Å². The number of ketones is 2. The summed E-state index contributed by atoms with van der Waals surface area (Å²) in [4.78, 5) is 30.3. The summed E-state index contributed by atoms with van der Waals surface area (Å²) in [5.41, 5.74) is 6.43. The summed E-state index contributed by atoms with van der Waals surface area (Å²) in [7, 11) is 1.70. The van der Waals surface area contributed by atoms with Crippen molar-refractivity contribution in [2.45, 2.75) is 79.8 Å². The maximum atomic E-state index is 14.0. The Morgan fingerprint density at radius 3 is 2.05 bits per heavy atom. The van der Waals surface area contributed by atoms with E-state index in [0.717, 1.165) is 46.5 Å². The predicted molar refractivity (Wildman–Crippen MR) is 165 cm³/mol. The fraction of sp³-hybridized carbons (Fsp3) is 0.500. The Morgan fingerprint density at radius 2 is 1.48 bits per heavy atom. The summed E-state index contributed by atoms with van der Waals surface area (Å²) in [6, 6.07) is 14.2. The Bertz CT molecular complexity index is 1390.